The van der Waals surface area contributed by atoms with Crippen molar-refractivity contribution in [2.75, 3.05) is 25.6 Å². The van der Waals surface area contributed by atoms with E-state index in [4.69, 9.17) is 16.3 Å². The van der Waals surface area contributed by atoms with Gasteiger partial charge in [-0.25, -0.2) is 4.79 Å². The van der Waals surface area contributed by atoms with Crippen LogP contribution in [0, 0.1) is 0 Å². The van der Waals surface area contributed by atoms with Crippen LogP contribution in [0.15, 0.2) is 72.9 Å². The van der Waals surface area contributed by atoms with Gasteiger partial charge in [0.05, 0.1) is 13.2 Å². The van der Waals surface area contributed by atoms with Gasteiger partial charge in [-0.15, -0.1) is 0 Å². The van der Waals surface area contributed by atoms with Gasteiger partial charge in [0.15, 0.2) is 0 Å². The lowest BCUT2D eigenvalue weighted by molar-refractivity contribution is 0.152. The molecule has 3 rings (SSSR count). The fourth-order valence-electron chi connectivity index (χ4n) is 2.95. The summed E-state index contributed by atoms with van der Waals surface area (Å²) in [6.07, 6.45) is 2.03. The number of urea groups is 1. The van der Waals surface area contributed by atoms with E-state index in [1.807, 2.05) is 48.7 Å². The number of methoxy groups -OCH3 is 1. The molecule has 0 saturated heterocycles. The molecular formula is C22H24ClN3O2. The number of carbonyl (C=O) groups excluding carboxylic acids is 1. The zero-order valence-electron chi connectivity index (χ0n) is 15.8. The Balaban J connectivity index is 1.72. The van der Waals surface area contributed by atoms with Crippen molar-refractivity contribution in [2.24, 2.45) is 0 Å². The number of carbonyl (C=O) groups is 1. The SMILES string of the molecule is COCCN(Cc1cccn1Cc1ccccc1)C(=O)Nc1cccc(Cl)c1. The van der Waals surface area contributed by atoms with Crippen LogP contribution in [0.1, 0.15) is 11.3 Å². The number of aromatic nitrogens is 1. The van der Waals surface area contributed by atoms with Gasteiger partial charge in [0.25, 0.3) is 0 Å². The van der Waals surface area contributed by atoms with Crippen LogP contribution >= 0.6 is 11.6 Å². The van der Waals surface area contributed by atoms with E-state index < -0.39 is 0 Å². The highest BCUT2D eigenvalue weighted by atomic mass is 35.5. The molecule has 146 valence electrons. The quantitative estimate of drug-likeness (QED) is 0.589. The lowest BCUT2D eigenvalue weighted by Gasteiger charge is -2.24. The first kappa shape index (κ1) is 20.0. The van der Waals surface area contributed by atoms with E-state index in [-0.39, 0.29) is 6.03 Å². The average Bonchev–Trinajstić information content (AvgIpc) is 3.12. The van der Waals surface area contributed by atoms with Crippen LogP contribution in [-0.2, 0) is 17.8 Å². The summed E-state index contributed by atoms with van der Waals surface area (Å²) in [5, 5.41) is 3.49. The van der Waals surface area contributed by atoms with Crippen LogP contribution in [-0.4, -0.2) is 35.8 Å². The number of nitrogens with one attached hydrogen (secondary N) is 1. The monoisotopic (exact) mass is 397 g/mol. The van der Waals surface area contributed by atoms with E-state index in [2.05, 4.69) is 22.0 Å². The molecular weight excluding hydrogens is 374 g/mol. The molecule has 0 bridgehead atoms. The van der Waals surface area contributed by atoms with Crippen molar-refractivity contribution < 1.29 is 9.53 Å². The third-order valence-corrected chi connectivity index (χ3v) is 4.64. The molecule has 6 heteroatoms. The first-order valence-electron chi connectivity index (χ1n) is 9.14. The summed E-state index contributed by atoms with van der Waals surface area (Å²) < 4.78 is 7.34. The summed E-state index contributed by atoms with van der Waals surface area (Å²) in [5.41, 5.74) is 2.94. The minimum absolute atomic E-state index is 0.188. The first-order chi connectivity index (χ1) is 13.7. The highest BCUT2D eigenvalue weighted by Gasteiger charge is 2.16. The fraction of sp³-hybridized carbons (Fsp3) is 0.227. The van der Waals surface area contributed by atoms with Crippen LogP contribution in [0.5, 0.6) is 0 Å². The summed E-state index contributed by atoms with van der Waals surface area (Å²) in [5.74, 6) is 0. The van der Waals surface area contributed by atoms with Crippen LogP contribution in [0.25, 0.3) is 0 Å². The Labute approximate surface area is 170 Å². The van der Waals surface area contributed by atoms with Gasteiger partial charge in [0.1, 0.15) is 0 Å². The maximum absolute atomic E-state index is 12.8. The summed E-state index contributed by atoms with van der Waals surface area (Å²) in [6, 6.07) is 21.2. The smallest absolute Gasteiger partial charge is 0.322 e. The zero-order chi connectivity index (χ0) is 19.8. The predicted octanol–water partition coefficient (Wildman–Crippen LogP) is 4.87. The molecule has 0 aliphatic rings. The van der Waals surface area contributed by atoms with E-state index in [9.17, 15) is 4.79 Å². The largest absolute Gasteiger partial charge is 0.383 e. The number of ether oxygens (including phenoxy) is 1. The van der Waals surface area contributed by atoms with Crippen molar-refractivity contribution in [1.29, 1.82) is 0 Å². The van der Waals surface area contributed by atoms with E-state index in [1.165, 1.54) is 5.56 Å². The summed E-state index contributed by atoms with van der Waals surface area (Å²) in [7, 11) is 1.63. The van der Waals surface area contributed by atoms with Gasteiger partial charge in [-0.2, -0.15) is 0 Å². The van der Waals surface area contributed by atoms with E-state index >= 15 is 0 Å². The van der Waals surface area contributed by atoms with Crippen LogP contribution in [0.3, 0.4) is 0 Å². The minimum atomic E-state index is -0.188. The molecule has 3 aromatic rings. The molecule has 2 amide bonds. The van der Waals surface area contributed by atoms with Crippen molar-refractivity contribution in [3.8, 4) is 0 Å². The number of halogens is 1. The molecule has 5 nitrogen and oxygen atoms in total. The normalized spacial score (nSPS) is 10.6. The predicted molar refractivity (Wildman–Crippen MR) is 113 cm³/mol. The lowest BCUT2D eigenvalue weighted by atomic mass is 10.2. The topological polar surface area (TPSA) is 46.5 Å². The number of rotatable bonds is 8. The Morgan fingerprint density at radius 1 is 1.11 bits per heavy atom. The van der Waals surface area contributed by atoms with Crippen molar-refractivity contribution in [3.05, 3.63) is 89.2 Å². The van der Waals surface area contributed by atoms with Crippen molar-refractivity contribution in [2.45, 2.75) is 13.1 Å². The van der Waals surface area contributed by atoms with Crippen molar-refractivity contribution in [1.82, 2.24) is 9.47 Å². The molecule has 28 heavy (non-hydrogen) atoms. The third kappa shape index (κ3) is 5.62. The van der Waals surface area contributed by atoms with Gasteiger partial charge in [-0.3, -0.25) is 0 Å². The van der Waals surface area contributed by atoms with Gasteiger partial charge >= 0.3 is 6.03 Å². The molecule has 0 aliphatic carbocycles. The Kier molecular flexibility index (Phi) is 7.12. The minimum Gasteiger partial charge on any atom is -0.383 e. The van der Waals surface area contributed by atoms with Crippen LogP contribution in [0.4, 0.5) is 10.5 Å². The van der Waals surface area contributed by atoms with Gasteiger partial charge in [0.2, 0.25) is 0 Å². The van der Waals surface area contributed by atoms with E-state index in [0.717, 1.165) is 12.2 Å². The molecule has 0 saturated carbocycles. The molecule has 0 fully saturated rings. The molecule has 1 N–H and O–H groups in total. The maximum atomic E-state index is 12.8. The molecule has 1 aromatic heterocycles. The second kappa shape index (κ2) is 9.97. The number of hydrogen-bond acceptors (Lipinski definition) is 2. The van der Waals surface area contributed by atoms with Gasteiger partial charge < -0.3 is 19.5 Å². The highest BCUT2D eigenvalue weighted by molar-refractivity contribution is 6.30. The molecule has 1 heterocycles. The molecule has 0 radical (unpaired) electrons. The standard InChI is InChI=1S/C22H24ClN3O2/c1-28-14-13-26(22(27)24-20-10-5-9-19(23)15-20)17-21-11-6-12-25(21)16-18-7-3-2-4-8-18/h2-12,15H,13-14,16-17H2,1H3,(H,24,27). The number of hydrogen-bond donors (Lipinski definition) is 1. The van der Waals surface area contributed by atoms with Crippen molar-refractivity contribution in [3.63, 3.8) is 0 Å². The number of anilines is 1. The molecule has 0 spiro atoms. The molecule has 0 atom stereocenters. The highest BCUT2D eigenvalue weighted by Crippen LogP contribution is 2.16. The van der Waals surface area contributed by atoms with E-state index in [0.29, 0.717) is 30.4 Å². The summed E-state index contributed by atoms with van der Waals surface area (Å²) in [6.45, 7) is 2.19. The maximum Gasteiger partial charge on any atom is 0.322 e. The molecule has 2 aromatic carbocycles. The number of benzene rings is 2. The number of amides is 2. The third-order valence-electron chi connectivity index (χ3n) is 4.40. The van der Waals surface area contributed by atoms with Gasteiger partial charge in [-0.1, -0.05) is 48.0 Å². The van der Waals surface area contributed by atoms with Crippen LogP contribution in [0.2, 0.25) is 5.02 Å². The summed E-state index contributed by atoms with van der Waals surface area (Å²) >= 11 is 6.02. The average molecular weight is 398 g/mol. The fourth-order valence-corrected chi connectivity index (χ4v) is 3.14. The van der Waals surface area contributed by atoms with Gasteiger partial charge in [-0.05, 0) is 35.9 Å². The molecule has 0 unspecified atom stereocenters. The Morgan fingerprint density at radius 2 is 1.93 bits per heavy atom. The second-order valence-electron chi connectivity index (χ2n) is 6.47. The Bertz CT molecular complexity index is 896. The zero-order valence-corrected chi connectivity index (χ0v) is 16.6. The van der Waals surface area contributed by atoms with Gasteiger partial charge in [0, 0.05) is 42.8 Å². The number of nitrogens with zero attached hydrogens (tertiary/aromatic N) is 2. The van der Waals surface area contributed by atoms with Crippen LogP contribution < -0.4 is 5.32 Å². The Hall–Kier alpha value is -2.76. The Morgan fingerprint density at radius 3 is 2.68 bits per heavy atom. The first-order valence-corrected chi connectivity index (χ1v) is 9.52. The summed E-state index contributed by atoms with van der Waals surface area (Å²) in [4.78, 5) is 14.6. The second-order valence-corrected chi connectivity index (χ2v) is 6.90. The van der Waals surface area contributed by atoms with Crippen molar-refractivity contribution >= 4 is 23.3 Å². The molecule has 0 aliphatic heterocycles. The lowest BCUT2D eigenvalue weighted by Crippen LogP contribution is -2.37. The van der Waals surface area contributed by atoms with E-state index in [1.54, 1.807) is 24.1 Å².